The van der Waals surface area contributed by atoms with Gasteiger partial charge in [-0.05, 0) is 24.5 Å². The number of hydrogen-bond acceptors (Lipinski definition) is 6. The summed E-state index contributed by atoms with van der Waals surface area (Å²) in [5, 5.41) is 9.92. The molecule has 0 aliphatic heterocycles. The molecule has 7 nitrogen and oxygen atoms in total. The Kier molecular flexibility index (Phi) is 8.23. The molecule has 1 heterocycles. The number of pyridine rings is 1. The van der Waals surface area contributed by atoms with Gasteiger partial charge in [-0.3, -0.25) is 0 Å². The fraction of sp³-hybridized carbons (Fsp3) is 0.200. The maximum Gasteiger partial charge on any atom is 0.198 e. The van der Waals surface area contributed by atoms with Crippen LogP contribution in [0.4, 0.5) is 11.5 Å². The average molecular weight is 397 g/mol. The fourth-order valence-corrected chi connectivity index (χ4v) is 2.67. The smallest absolute Gasteiger partial charge is 0.198 e. The number of para-hydroxylation sites is 1. The molecule has 0 saturated carbocycles. The monoisotopic (exact) mass is 396 g/mol. The van der Waals surface area contributed by atoms with E-state index in [1.807, 2.05) is 73.7 Å². The van der Waals surface area contributed by atoms with Crippen LogP contribution >= 0.6 is 11.8 Å². The number of aliphatic imine (C=N–C) groups is 1. The summed E-state index contributed by atoms with van der Waals surface area (Å²) in [7, 11) is 1.88. The summed E-state index contributed by atoms with van der Waals surface area (Å²) in [6, 6.07) is 11.3. The number of thioether (sulfide) groups is 1. The molecule has 28 heavy (non-hydrogen) atoms. The number of nitrogens with zero attached hydrogens (tertiary/aromatic N) is 5. The number of allylic oxidation sites excluding steroid dienone is 1. The van der Waals surface area contributed by atoms with E-state index in [2.05, 4.69) is 26.9 Å². The van der Waals surface area contributed by atoms with Crippen molar-refractivity contribution in [1.29, 1.82) is 0 Å². The Labute approximate surface area is 169 Å². The molecule has 0 fully saturated rings. The number of nitrogens with two attached hydrogens (primary N) is 1. The highest BCUT2D eigenvalue weighted by Gasteiger charge is 2.14. The van der Waals surface area contributed by atoms with Gasteiger partial charge in [0.1, 0.15) is 11.6 Å². The van der Waals surface area contributed by atoms with Crippen molar-refractivity contribution in [3.8, 4) is 11.5 Å². The van der Waals surface area contributed by atoms with Crippen LogP contribution in [0.5, 0.6) is 11.5 Å². The van der Waals surface area contributed by atoms with Crippen LogP contribution in [-0.4, -0.2) is 29.8 Å². The van der Waals surface area contributed by atoms with E-state index in [-0.39, 0.29) is 0 Å². The summed E-state index contributed by atoms with van der Waals surface area (Å²) in [6.07, 6.45) is 4.27. The number of amidine groups is 2. The minimum Gasteiger partial charge on any atom is -0.453 e. The molecule has 0 atom stereocenters. The first-order valence-electron chi connectivity index (χ1n) is 8.70. The van der Waals surface area contributed by atoms with E-state index in [0.29, 0.717) is 28.9 Å². The van der Waals surface area contributed by atoms with Crippen LogP contribution in [-0.2, 0) is 0 Å². The van der Waals surface area contributed by atoms with Gasteiger partial charge in [0.15, 0.2) is 16.7 Å². The van der Waals surface area contributed by atoms with E-state index in [4.69, 9.17) is 10.5 Å². The normalized spacial score (nSPS) is 12.2. The van der Waals surface area contributed by atoms with Crippen molar-refractivity contribution in [2.75, 3.05) is 11.9 Å². The standard InChI is InChI=1S/C20H24N6OS/c1-5-12-28-20(21)24-19-17(27-16-10-8-7-9-11-16)13-15(14-23-19)26(4)18(6-2)25-22-3/h5,7-14H,3,6H2,1-2,4H3,(H2,21,23,24)/b12-5+,25-18-. The molecule has 0 spiro atoms. The number of ether oxygens (including phenoxy) is 1. The number of anilines is 1. The Morgan fingerprint density at radius 1 is 1.36 bits per heavy atom. The lowest BCUT2D eigenvalue weighted by atomic mass is 10.3. The van der Waals surface area contributed by atoms with Crippen LogP contribution in [0.1, 0.15) is 20.3 Å². The maximum absolute atomic E-state index is 6.02. The van der Waals surface area contributed by atoms with Gasteiger partial charge in [0.2, 0.25) is 0 Å². The van der Waals surface area contributed by atoms with E-state index < -0.39 is 0 Å². The Morgan fingerprint density at radius 3 is 2.75 bits per heavy atom. The summed E-state index contributed by atoms with van der Waals surface area (Å²) < 4.78 is 6.02. The minimum atomic E-state index is 0.372. The predicted molar refractivity (Wildman–Crippen MR) is 120 cm³/mol. The molecule has 0 saturated heterocycles. The maximum atomic E-state index is 6.02. The van der Waals surface area contributed by atoms with Crippen molar-refractivity contribution in [1.82, 2.24) is 4.98 Å². The topological polar surface area (TPSA) is 88.5 Å². The zero-order valence-electron chi connectivity index (χ0n) is 16.2. The van der Waals surface area contributed by atoms with Gasteiger partial charge in [0.25, 0.3) is 0 Å². The lowest BCUT2D eigenvalue weighted by molar-refractivity contribution is 0.482. The molecule has 0 bridgehead atoms. The average Bonchev–Trinajstić information content (AvgIpc) is 2.72. The molecule has 2 N–H and O–H groups in total. The third kappa shape index (κ3) is 5.95. The second kappa shape index (κ2) is 10.9. The van der Waals surface area contributed by atoms with Crippen LogP contribution < -0.4 is 15.4 Å². The molecule has 0 aliphatic carbocycles. The molecule has 2 rings (SSSR count). The molecule has 1 aromatic heterocycles. The largest absolute Gasteiger partial charge is 0.453 e. The van der Waals surface area contributed by atoms with Crippen LogP contribution in [0, 0.1) is 0 Å². The van der Waals surface area contributed by atoms with Gasteiger partial charge in [0, 0.05) is 26.3 Å². The molecule has 0 radical (unpaired) electrons. The summed E-state index contributed by atoms with van der Waals surface area (Å²) in [5.41, 5.74) is 6.76. The fourth-order valence-electron chi connectivity index (χ4n) is 2.26. The highest BCUT2D eigenvalue weighted by molar-refractivity contribution is 8.16. The van der Waals surface area contributed by atoms with E-state index in [9.17, 15) is 0 Å². The van der Waals surface area contributed by atoms with Crippen molar-refractivity contribution >= 4 is 41.0 Å². The number of benzene rings is 1. The molecular weight excluding hydrogens is 372 g/mol. The van der Waals surface area contributed by atoms with Gasteiger partial charge >= 0.3 is 0 Å². The van der Waals surface area contributed by atoms with Gasteiger partial charge in [0.05, 0.1) is 11.9 Å². The van der Waals surface area contributed by atoms with E-state index in [1.165, 1.54) is 11.8 Å². The first-order chi connectivity index (χ1) is 13.6. The van der Waals surface area contributed by atoms with Crippen LogP contribution in [0.25, 0.3) is 0 Å². The quantitative estimate of drug-likeness (QED) is 0.406. The Hall–Kier alpha value is -3.13. The molecule has 1 aromatic carbocycles. The number of aromatic nitrogens is 1. The van der Waals surface area contributed by atoms with Gasteiger partial charge in [-0.15, -0.1) is 5.10 Å². The summed E-state index contributed by atoms with van der Waals surface area (Å²) in [4.78, 5) is 10.7. The van der Waals surface area contributed by atoms with Gasteiger partial charge in [-0.2, -0.15) is 5.10 Å². The van der Waals surface area contributed by atoms with Crippen molar-refractivity contribution in [3.05, 3.63) is 54.1 Å². The SMILES string of the molecule is C=N/N=C(/CC)N(C)c1cnc(/N=C(/N)S/C=C/C)c(Oc2ccccc2)c1. The molecule has 0 unspecified atom stereocenters. The minimum absolute atomic E-state index is 0.372. The zero-order valence-corrected chi connectivity index (χ0v) is 17.1. The summed E-state index contributed by atoms with van der Waals surface area (Å²) >= 11 is 1.31. The molecule has 0 aliphatic rings. The first kappa shape index (κ1) is 21.2. The van der Waals surface area contributed by atoms with Crippen molar-refractivity contribution in [3.63, 3.8) is 0 Å². The Bertz CT molecular complexity index is 880. The number of rotatable bonds is 7. The third-order valence-electron chi connectivity index (χ3n) is 3.61. The van der Waals surface area contributed by atoms with Gasteiger partial charge in [-0.25, -0.2) is 9.98 Å². The van der Waals surface area contributed by atoms with Crippen LogP contribution in [0.2, 0.25) is 0 Å². The Morgan fingerprint density at radius 2 is 2.11 bits per heavy atom. The number of hydrogen-bond donors (Lipinski definition) is 1. The van der Waals surface area contributed by atoms with Crippen molar-refractivity contribution < 1.29 is 4.74 Å². The van der Waals surface area contributed by atoms with E-state index >= 15 is 0 Å². The molecule has 0 amide bonds. The molecular formula is C20H24N6OS. The second-order valence-corrected chi connectivity index (χ2v) is 6.46. The lowest BCUT2D eigenvalue weighted by Gasteiger charge is -2.20. The van der Waals surface area contributed by atoms with Crippen LogP contribution in [0.15, 0.2) is 69.3 Å². The highest BCUT2D eigenvalue weighted by Crippen LogP contribution is 2.34. The first-order valence-corrected chi connectivity index (χ1v) is 9.58. The highest BCUT2D eigenvalue weighted by atomic mass is 32.2. The van der Waals surface area contributed by atoms with Gasteiger partial charge < -0.3 is 15.4 Å². The second-order valence-electron chi connectivity index (χ2n) is 5.54. The van der Waals surface area contributed by atoms with Crippen molar-refractivity contribution in [2.45, 2.75) is 20.3 Å². The van der Waals surface area contributed by atoms with Gasteiger partial charge in [-0.1, -0.05) is 43.0 Å². The lowest BCUT2D eigenvalue weighted by Crippen LogP contribution is -2.25. The molecule has 146 valence electrons. The summed E-state index contributed by atoms with van der Waals surface area (Å²) in [5.74, 6) is 2.31. The summed E-state index contributed by atoms with van der Waals surface area (Å²) in [6.45, 7) is 7.33. The third-order valence-corrected chi connectivity index (χ3v) is 4.35. The predicted octanol–water partition coefficient (Wildman–Crippen LogP) is 4.95. The molecule has 2 aromatic rings. The van der Waals surface area contributed by atoms with Crippen LogP contribution in [0.3, 0.4) is 0 Å². The van der Waals surface area contributed by atoms with Crippen molar-refractivity contribution in [2.24, 2.45) is 20.9 Å². The van der Waals surface area contributed by atoms with E-state index in [0.717, 1.165) is 11.5 Å². The van der Waals surface area contributed by atoms with E-state index in [1.54, 1.807) is 6.20 Å². The molecule has 8 heteroatoms. The zero-order chi connectivity index (χ0) is 20.4. The Balaban J connectivity index is 2.45.